The second kappa shape index (κ2) is 6.98. The zero-order valence-electron chi connectivity index (χ0n) is 14.4. The minimum atomic E-state index is 0.284. The van der Waals surface area contributed by atoms with Gasteiger partial charge in [0.2, 0.25) is 0 Å². The van der Waals surface area contributed by atoms with Gasteiger partial charge in [-0.2, -0.15) is 10.4 Å². The summed E-state index contributed by atoms with van der Waals surface area (Å²) in [6, 6.07) is 16.0. The van der Waals surface area contributed by atoms with Crippen molar-refractivity contribution < 1.29 is 0 Å². The van der Waals surface area contributed by atoms with E-state index in [1.165, 1.54) is 0 Å². The number of benzene rings is 1. The van der Waals surface area contributed by atoms with Crippen LogP contribution in [0.4, 0.5) is 5.82 Å². The average molecular weight is 344 g/mol. The third-order valence-electron chi connectivity index (χ3n) is 4.81. The van der Waals surface area contributed by atoms with Crippen LogP contribution in [0, 0.1) is 11.3 Å². The van der Waals surface area contributed by atoms with Gasteiger partial charge >= 0.3 is 0 Å². The van der Waals surface area contributed by atoms with Crippen molar-refractivity contribution in [1.82, 2.24) is 20.1 Å². The molecule has 0 spiro atoms. The molecule has 1 aliphatic heterocycles. The summed E-state index contributed by atoms with van der Waals surface area (Å²) in [7, 11) is 0. The molecule has 0 bridgehead atoms. The fraction of sp³-hybridized carbons (Fsp3) is 0.250. The molecule has 3 N–H and O–H groups in total. The third-order valence-corrected chi connectivity index (χ3v) is 4.81. The van der Waals surface area contributed by atoms with Crippen molar-refractivity contribution in [2.75, 3.05) is 18.8 Å². The molecule has 1 atom stereocenters. The molecular formula is C20H20N6. The standard InChI is InChI=1S/C20H20N6/c21-12-17-16(11-18(25-20(17)22)14-5-4-9-23-13-14)19-8-10-24-26(19)15-6-2-1-3-7-15/h1-3,6-8,10-11,14,23H,4-5,9,13H2,(H2,22,25). The number of anilines is 1. The lowest BCUT2D eigenvalue weighted by atomic mass is 9.93. The number of nitrogens with zero attached hydrogens (tertiary/aromatic N) is 4. The Bertz CT molecular complexity index is 948. The van der Waals surface area contributed by atoms with Gasteiger partial charge in [0.25, 0.3) is 0 Å². The smallest absolute Gasteiger partial charge is 0.142 e. The predicted octanol–water partition coefficient (Wildman–Crippen LogP) is 2.86. The van der Waals surface area contributed by atoms with Gasteiger partial charge in [-0.1, -0.05) is 18.2 Å². The molecule has 130 valence electrons. The van der Waals surface area contributed by atoms with Crippen LogP contribution in [0.25, 0.3) is 16.9 Å². The van der Waals surface area contributed by atoms with Crippen molar-refractivity contribution >= 4 is 5.82 Å². The highest BCUT2D eigenvalue weighted by Crippen LogP contribution is 2.32. The topological polar surface area (TPSA) is 92.5 Å². The van der Waals surface area contributed by atoms with Crippen molar-refractivity contribution in [3.63, 3.8) is 0 Å². The Morgan fingerprint density at radius 3 is 2.81 bits per heavy atom. The Hall–Kier alpha value is -3.17. The van der Waals surface area contributed by atoms with Crippen LogP contribution in [0.1, 0.15) is 30.0 Å². The first kappa shape index (κ1) is 16.3. The highest BCUT2D eigenvalue weighted by atomic mass is 15.3. The summed E-state index contributed by atoms with van der Waals surface area (Å²) in [6.07, 6.45) is 3.92. The number of hydrogen-bond donors (Lipinski definition) is 2. The van der Waals surface area contributed by atoms with Crippen LogP contribution in [0.15, 0.2) is 48.7 Å². The van der Waals surface area contributed by atoms with Crippen molar-refractivity contribution in [1.29, 1.82) is 5.26 Å². The maximum atomic E-state index is 9.65. The van der Waals surface area contributed by atoms with Gasteiger partial charge in [-0.05, 0) is 43.7 Å². The lowest BCUT2D eigenvalue weighted by molar-refractivity contribution is 0.455. The summed E-state index contributed by atoms with van der Waals surface area (Å²) >= 11 is 0. The summed E-state index contributed by atoms with van der Waals surface area (Å²) in [6.45, 7) is 1.92. The van der Waals surface area contributed by atoms with Crippen molar-refractivity contribution in [3.8, 4) is 23.0 Å². The largest absolute Gasteiger partial charge is 0.383 e. The van der Waals surface area contributed by atoms with Crippen LogP contribution >= 0.6 is 0 Å². The van der Waals surface area contributed by atoms with Crippen LogP contribution in [0.3, 0.4) is 0 Å². The minimum Gasteiger partial charge on any atom is -0.383 e. The molecule has 1 saturated heterocycles. The monoisotopic (exact) mass is 344 g/mol. The SMILES string of the molecule is N#Cc1c(-c2ccnn2-c2ccccc2)cc(C2CCCNC2)nc1N. The van der Waals surface area contributed by atoms with E-state index in [1.807, 2.05) is 47.1 Å². The molecule has 4 rings (SSSR count). The molecule has 0 aliphatic carbocycles. The molecule has 3 heterocycles. The third kappa shape index (κ3) is 2.93. The first-order valence-electron chi connectivity index (χ1n) is 8.79. The van der Waals surface area contributed by atoms with Crippen LogP contribution in [-0.2, 0) is 0 Å². The van der Waals surface area contributed by atoms with E-state index in [1.54, 1.807) is 6.20 Å². The van der Waals surface area contributed by atoms with E-state index < -0.39 is 0 Å². The molecule has 0 amide bonds. The molecule has 26 heavy (non-hydrogen) atoms. The molecular weight excluding hydrogens is 324 g/mol. The summed E-state index contributed by atoms with van der Waals surface area (Å²) < 4.78 is 1.83. The van der Waals surface area contributed by atoms with E-state index in [4.69, 9.17) is 5.73 Å². The van der Waals surface area contributed by atoms with Gasteiger partial charge in [0, 0.05) is 23.7 Å². The Kier molecular flexibility index (Phi) is 4.38. The van der Waals surface area contributed by atoms with Gasteiger partial charge in [0.15, 0.2) is 0 Å². The van der Waals surface area contributed by atoms with E-state index in [0.29, 0.717) is 11.5 Å². The second-order valence-electron chi connectivity index (χ2n) is 6.47. The fourth-order valence-electron chi connectivity index (χ4n) is 3.50. The molecule has 1 fully saturated rings. The van der Waals surface area contributed by atoms with Crippen molar-refractivity contribution in [2.24, 2.45) is 0 Å². The second-order valence-corrected chi connectivity index (χ2v) is 6.47. The maximum Gasteiger partial charge on any atom is 0.142 e. The van der Waals surface area contributed by atoms with Gasteiger partial charge in [-0.25, -0.2) is 9.67 Å². The summed E-state index contributed by atoms with van der Waals surface area (Å²) in [5.41, 5.74) is 10.0. The van der Waals surface area contributed by atoms with E-state index in [2.05, 4.69) is 21.5 Å². The number of piperidine rings is 1. The van der Waals surface area contributed by atoms with Crippen LogP contribution in [0.2, 0.25) is 0 Å². The lowest BCUT2D eigenvalue weighted by Crippen LogP contribution is -2.29. The number of nitrogens with one attached hydrogen (secondary N) is 1. The Balaban J connectivity index is 1.85. The number of hydrogen-bond acceptors (Lipinski definition) is 5. The molecule has 1 aromatic carbocycles. The first-order valence-corrected chi connectivity index (χ1v) is 8.79. The molecule has 3 aromatic rings. The highest BCUT2D eigenvalue weighted by Gasteiger charge is 2.22. The summed E-state index contributed by atoms with van der Waals surface area (Å²) in [5, 5.41) is 17.5. The van der Waals surface area contributed by atoms with Gasteiger partial charge in [-0.15, -0.1) is 0 Å². The Labute approximate surface area is 152 Å². The molecule has 6 heteroatoms. The Morgan fingerprint density at radius 2 is 2.08 bits per heavy atom. The number of para-hydroxylation sites is 1. The normalized spacial score (nSPS) is 17.0. The predicted molar refractivity (Wildman–Crippen MR) is 101 cm³/mol. The quantitative estimate of drug-likeness (QED) is 0.762. The van der Waals surface area contributed by atoms with Crippen molar-refractivity contribution in [3.05, 3.63) is 59.9 Å². The minimum absolute atomic E-state index is 0.284. The molecule has 0 radical (unpaired) electrons. The Morgan fingerprint density at radius 1 is 1.23 bits per heavy atom. The maximum absolute atomic E-state index is 9.65. The number of nitrogens with two attached hydrogens (primary N) is 1. The molecule has 1 unspecified atom stereocenters. The summed E-state index contributed by atoms with van der Waals surface area (Å²) in [4.78, 5) is 4.53. The number of pyridine rings is 1. The van der Waals surface area contributed by atoms with Crippen LogP contribution < -0.4 is 11.1 Å². The van der Waals surface area contributed by atoms with Gasteiger partial charge in [0.05, 0.1) is 17.6 Å². The lowest BCUT2D eigenvalue weighted by Gasteiger charge is -2.23. The zero-order chi connectivity index (χ0) is 17.9. The van der Waals surface area contributed by atoms with Crippen LogP contribution in [0.5, 0.6) is 0 Å². The van der Waals surface area contributed by atoms with Gasteiger partial charge < -0.3 is 11.1 Å². The van der Waals surface area contributed by atoms with E-state index >= 15 is 0 Å². The molecule has 2 aromatic heterocycles. The molecule has 6 nitrogen and oxygen atoms in total. The number of rotatable bonds is 3. The fourth-order valence-corrected chi connectivity index (χ4v) is 3.50. The van der Waals surface area contributed by atoms with Gasteiger partial charge in [0.1, 0.15) is 17.5 Å². The number of nitrogen functional groups attached to an aromatic ring is 1. The highest BCUT2D eigenvalue weighted by molar-refractivity contribution is 5.74. The van der Waals surface area contributed by atoms with Crippen molar-refractivity contribution in [2.45, 2.75) is 18.8 Å². The molecule has 0 saturated carbocycles. The summed E-state index contributed by atoms with van der Waals surface area (Å²) in [5.74, 6) is 0.594. The number of nitriles is 1. The first-order chi connectivity index (χ1) is 12.8. The number of aromatic nitrogens is 3. The van der Waals surface area contributed by atoms with Gasteiger partial charge in [-0.3, -0.25) is 0 Å². The van der Waals surface area contributed by atoms with E-state index in [9.17, 15) is 5.26 Å². The van der Waals surface area contributed by atoms with E-state index in [-0.39, 0.29) is 5.82 Å². The van der Waals surface area contributed by atoms with E-state index in [0.717, 1.165) is 48.6 Å². The molecule has 1 aliphatic rings. The van der Waals surface area contributed by atoms with Crippen LogP contribution in [-0.4, -0.2) is 27.9 Å². The zero-order valence-corrected chi connectivity index (χ0v) is 14.4. The average Bonchev–Trinajstić information content (AvgIpc) is 3.18.